The molecule has 1 amide bonds. The summed E-state index contributed by atoms with van der Waals surface area (Å²) in [5.41, 5.74) is 4.32. The summed E-state index contributed by atoms with van der Waals surface area (Å²) in [7, 11) is 1.98. The van der Waals surface area contributed by atoms with Gasteiger partial charge in [-0.1, -0.05) is 19.1 Å². The van der Waals surface area contributed by atoms with Gasteiger partial charge in [-0.15, -0.1) is 0 Å². The Morgan fingerprint density at radius 3 is 2.76 bits per heavy atom. The predicted molar refractivity (Wildman–Crippen MR) is 104 cm³/mol. The van der Waals surface area contributed by atoms with Crippen LogP contribution in [0.3, 0.4) is 0 Å². The number of amides is 1. The molecule has 0 bridgehead atoms. The molecule has 0 radical (unpaired) electrons. The number of aromatic nitrogens is 2. The fourth-order valence-electron chi connectivity index (χ4n) is 4.02. The van der Waals surface area contributed by atoms with Crippen LogP contribution < -0.4 is 0 Å². The molecule has 0 N–H and O–H groups in total. The van der Waals surface area contributed by atoms with E-state index in [1.54, 1.807) is 0 Å². The molecule has 1 fully saturated rings. The van der Waals surface area contributed by atoms with Crippen LogP contribution in [-0.4, -0.2) is 69.2 Å². The number of carbonyl (C=O) groups is 1. The lowest BCUT2D eigenvalue weighted by Crippen LogP contribution is -2.41. The minimum Gasteiger partial charge on any atom is -0.336 e. The van der Waals surface area contributed by atoms with Gasteiger partial charge in [-0.2, -0.15) is 16.9 Å². The number of hydrogen-bond acceptors (Lipinski definition) is 4. The summed E-state index contributed by atoms with van der Waals surface area (Å²) < 4.78 is 1.94. The number of fused-ring (bicyclic) bond motifs is 1. The van der Waals surface area contributed by atoms with Crippen LogP contribution in [0.2, 0.25) is 0 Å². The zero-order chi connectivity index (χ0) is 18.0. The van der Waals surface area contributed by atoms with Crippen LogP contribution in [0.25, 0.3) is 0 Å². The lowest BCUT2D eigenvalue weighted by Gasteiger charge is -2.34. The van der Waals surface area contributed by atoms with Crippen LogP contribution in [0.15, 0.2) is 12.2 Å². The minimum atomic E-state index is 0.126. The maximum Gasteiger partial charge on any atom is 0.274 e. The average Bonchev–Trinajstić information content (AvgIpc) is 2.96. The Labute approximate surface area is 155 Å². The third-order valence-electron chi connectivity index (χ3n) is 5.33. The number of hydrogen-bond donors (Lipinski definition) is 0. The van der Waals surface area contributed by atoms with Gasteiger partial charge >= 0.3 is 0 Å². The van der Waals surface area contributed by atoms with Gasteiger partial charge in [0, 0.05) is 55.5 Å². The fourth-order valence-corrected chi connectivity index (χ4v) is 4.92. The standard InChI is InChI=1S/C19H30N4OS/c1-5-22(13-14(2)3)15-6-7-17-16(12-15)18(20-21(17)4)19(24)23-8-10-25-11-9-23/h15H,2,5-13H2,1,3-4H3/t15-/m0/s1. The molecular weight excluding hydrogens is 332 g/mol. The summed E-state index contributed by atoms with van der Waals surface area (Å²) in [6, 6.07) is 0.474. The highest BCUT2D eigenvalue weighted by atomic mass is 32.2. The van der Waals surface area contributed by atoms with Gasteiger partial charge < -0.3 is 4.90 Å². The van der Waals surface area contributed by atoms with Gasteiger partial charge in [0.05, 0.1) is 0 Å². The van der Waals surface area contributed by atoms with Crippen molar-refractivity contribution in [3.63, 3.8) is 0 Å². The molecule has 0 aromatic carbocycles. The molecule has 1 aromatic heterocycles. The van der Waals surface area contributed by atoms with Gasteiger partial charge in [0.25, 0.3) is 5.91 Å². The van der Waals surface area contributed by atoms with Gasteiger partial charge in [0.2, 0.25) is 0 Å². The second-order valence-electron chi connectivity index (χ2n) is 7.22. The van der Waals surface area contributed by atoms with Crippen molar-refractivity contribution in [2.24, 2.45) is 7.05 Å². The summed E-state index contributed by atoms with van der Waals surface area (Å²) in [5, 5.41) is 4.63. The minimum absolute atomic E-state index is 0.126. The third kappa shape index (κ3) is 3.95. The molecule has 0 unspecified atom stereocenters. The largest absolute Gasteiger partial charge is 0.336 e. The third-order valence-corrected chi connectivity index (χ3v) is 6.27. The molecule has 5 nitrogen and oxygen atoms in total. The van der Waals surface area contributed by atoms with E-state index < -0.39 is 0 Å². The molecule has 3 rings (SSSR count). The monoisotopic (exact) mass is 362 g/mol. The number of thioether (sulfide) groups is 1. The second kappa shape index (κ2) is 7.96. The first-order chi connectivity index (χ1) is 12.0. The maximum atomic E-state index is 13.0. The van der Waals surface area contributed by atoms with Crippen LogP contribution in [0.5, 0.6) is 0 Å². The van der Waals surface area contributed by atoms with Gasteiger partial charge in [0.1, 0.15) is 0 Å². The normalized spacial score (nSPS) is 20.6. The molecule has 6 heteroatoms. The number of likely N-dealkylation sites (N-methyl/N-ethyl adjacent to an activating group) is 1. The van der Waals surface area contributed by atoms with Crippen LogP contribution in [0.4, 0.5) is 0 Å². The van der Waals surface area contributed by atoms with E-state index in [9.17, 15) is 4.79 Å². The Hall–Kier alpha value is -1.27. The highest BCUT2D eigenvalue weighted by Gasteiger charge is 2.32. The molecule has 2 heterocycles. The zero-order valence-electron chi connectivity index (χ0n) is 15.8. The fraction of sp³-hybridized carbons (Fsp3) is 0.684. The van der Waals surface area contributed by atoms with Crippen LogP contribution in [-0.2, 0) is 19.9 Å². The molecule has 138 valence electrons. The molecule has 1 aliphatic heterocycles. The zero-order valence-corrected chi connectivity index (χ0v) is 16.6. The van der Waals surface area contributed by atoms with Gasteiger partial charge in [0.15, 0.2) is 5.69 Å². The van der Waals surface area contributed by atoms with E-state index in [1.807, 2.05) is 28.4 Å². The SMILES string of the molecule is C=C(C)CN(CC)[C@H]1CCc2c(c(C(=O)N3CCSCC3)nn2C)C1. The lowest BCUT2D eigenvalue weighted by atomic mass is 9.89. The summed E-state index contributed by atoms with van der Waals surface area (Å²) in [5.74, 6) is 2.19. The van der Waals surface area contributed by atoms with Crippen molar-refractivity contribution in [3.05, 3.63) is 29.1 Å². The van der Waals surface area contributed by atoms with Crippen molar-refractivity contribution in [1.82, 2.24) is 19.6 Å². The Morgan fingerprint density at radius 1 is 1.40 bits per heavy atom. The highest BCUT2D eigenvalue weighted by molar-refractivity contribution is 7.99. The van der Waals surface area contributed by atoms with Crippen LogP contribution >= 0.6 is 11.8 Å². The lowest BCUT2D eigenvalue weighted by molar-refractivity contribution is 0.0763. The van der Waals surface area contributed by atoms with Gasteiger partial charge in [-0.3, -0.25) is 14.4 Å². The second-order valence-corrected chi connectivity index (χ2v) is 8.44. The Kier molecular flexibility index (Phi) is 5.89. The predicted octanol–water partition coefficient (Wildman–Crippen LogP) is 2.36. The van der Waals surface area contributed by atoms with Crippen molar-refractivity contribution >= 4 is 17.7 Å². The Morgan fingerprint density at radius 2 is 2.12 bits per heavy atom. The summed E-state index contributed by atoms with van der Waals surface area (Å²) in [6.45, 7) is 12.0. The number of nitrogens with zero attached hydrogens (tertiary/aromatic N) is 4. The number of rotatable bonds is 5. The topological polar surface area (TPSA) is 41.4 Å². The Balaban J connectivity index is 1.82. The number of carbonyl (C=O) groups excluding carboxylic acids is 1. The molecule has 2 aliphatic rings. The number of aryl methyl sites for hydroxylation is 1. The van der Waals surface area contributed by atoms with Crippen molar-refractivity contribution in [1.29, 1.82) is 0 Å². The Bertz CT molecular complexity index is 648. The molecule has 1 aromatic rings. The van der Waals surface area contributed by atoms with Gasteiger partial charge in [-0.25, -0.2) is 0 Å². The van der Waals surface area contributed by atoms with E-state index in [-0.39, 0.29) is 5.91 Å². The molecule has 25 heavy (non-hydrogen) atoms. The van der Waals surface area contributed by atoms with E-state index in [4.69, 9.17) is 0 Å². The molecular formula is C19H30N4OS. The molecule has 1 aliphatic carbocycles. The molecule has 1 saturated heterocycles. The van der Waals surface area contributed by atoms with E-state index >= 15 is 0 Å². The van der Waals surface area contributed by atoms with Crippen LogP contribution in [0.1, 0.15) is 42.0 Å². The quantitative estimate of drug-likeness (QED) is 0.754. The van der Waals surface area contributed by atoms with E-state index in [0.29, 0.717) is 11.7 Å². The van der Waals surface area contributed by atoms with Crippen molar-refractivity contribution in [2.75, 3.05) is 37.7 Å². The highest BCUT2D eigenvalue weighted by Crippen LogP contribution is 2.28. The van der Waals surface area contributed by atoms with Crippen molar-refractivity contribution in [2.45, 2.75) is 39.2 Å². The molecule has 0 saturated carbocycles. The first kappa shape index (κ1) is 18.5. The molecule has 0 spiro atoms. The van der Waals surface area contributed by atoms with Crippen molar-refractivity contribution < 1.29 is 4.79 Å². The van der Waals surface area contributed by atoms with Gasteiger partial charge in [-0.05, 0) is 32.7 Å². The van der Waals surface area contributed by atoms with E-state index in [2.05, 4.69) is 30.4 Å². The summed E-state index contributed by atoms with van der Waals surface area (Å²) >= 11 is 1.92. The van der Waals surface area contributed by atoms with Crippen LogP contribution in [0, 0.1) is 0 Å². The maximum absolute atomic E-state index is 13.0. The average molecular weight is 363 g/mol. The smallest absolute Gasteiger partial charge is 0.274 e. The van der Waals surface area contributed by atoms with E-state index in [0.717, 1.165) is 56.9 Å². The van der Waals surface area contributed by atoms with Crippen molar-refractivity contribution in [3.8, 4) is 0 Å². The summed E-state index contributed by atoms with van der Waals surface area (Å²) in [6.07, 6.45) is 3.05. The van der Waals surface area contributed by atoms with E-state index in [1.165, 1.54) is 16.8 Å². The molecule has 1 atom stereocenters. The summed E-state index contributed by atoms with van der Waals surface area (Å²) in [4.78, 5) is 17.5. The first-order valence-corrected chi connectivity index (χ1v) is 10.5. The first-order valence-electron chi connectivity index (χ1n) is 9.31.